The van der Waals surface area contributed by atoms with E-state index in [1.807, 2.05) is 0 Å². The van der Waals surface area contributed by atoms with Crippen LogP contribution in [0.5, 0.6) is 0 Å². The third-order valence-electron chi connectivity index (χ3n) is 4.84. The summed E-state index contributed by atoms with van der Waals surface area (Å²) >= 11 is 0. The molecule has 0 aliphatic rings. The second-order valence-electron chi connectivity index (χ2n) is 8.10. The van der Waals surface area contributed by atoms with E-state index in [9.17, 15) is 4.79 Å². The van der Waals surface area contributed by atoms with Gasteiger partial charge in [0.05, 0.1) is 0 Å². The van der Waals surface area contributed by atoms with Crippen LogP contribution >= 0.6 is 0 Å². The minimum absolute atomic E-state index is 0.589. The topological polar surface area (TPSA) is 46.5 Å². The average Bonchev–Trinajstić information content (AvgIpc) is 2.46. The van der Waals surface area contributed by atoms with Crippen molar-refractivity contribution in [1.82, 2.24) is 0 Å². The van der Waals surface area contributed by atoms with Crippen LogP contribution in [0.3, 0.4) is 0 Å². The number of carbonyl (C=O) groups is 1. The number of terminal acetylenes is 1. The van der Waals surface area contributed by atoms with Gasteiger partial charge in [0, 0.05) is 0 Å². The molecule has 24 heavy (non-hydrogen) atoms. The number of ether oxygens (including phenoxy) is 1. The largest absolute Gasteiger partial charge is 0.507 e. The predicted molar refractivity (Wildman–Crippen MR) is 101 cm³/mol. The molecule has 0 saturated heterocycles. The van der Waals surface area contributed by atoms with E-state index in [0.29, 0.717) is 12.3 Å². The number of rotatable bonds is 13. The summed E-state index contributed by atoms with van der Waals surface area (Å²) in [5.41, 5.74) is -0.990. The zero-order chi connectivity index (χ0) is 18.6. The van der Waals surface area contributed by atoms with Gasteiger partial charge in [0.2, 0.25) is 0 Å². The van der Waals surface area contributed by atoms with Crippen molar-refractivity contribution in [2.75, 3.05) is 0 Å². The van der Waals surface area contributed by atoms with Crippen LogP contribution in [-0.2, 0) is 4.74 Å². The van der Waals surface area contributed by atoms with E-state index in [1.54, 1.807) is 6.92 Å². The van der Waals surface area contributed by atoms with Crippen molar-refractivity contribution in [3.63, 3.8) is 0 Å². The smallest absolute Gasteiger partial charge is 0.450 e. The highest BCUT2D eigenvalue weighted by Gasteiger charge is 2.25. The van der Waals surface area contributed by atoms with Gasteiger partial charge in [-0.1, -0.05) is 78.6 Å². The monoisotopic (exact) mass is 338 g/mol. The average molecular weight is 339 g/mol. The highest BCUT2D eigenvalue weighted by molar-refractivity contribution is 5.58. The summed E-state index contributed by atoms with van der Waals surface area (Å²) in [6, 6.07) is 0. The lowest BCUT2D eigenvalue weighted by molar-refractivity contribution is 0.0200. The van der Waals surface area contributed by atoms with Crippen LogP contribution in [0.2, 0.25) is 0 Å². The van der Waals surface area contributed by atoms with Crippen molar-refractivity contribution in [3.8, 4) is 12.3 Å². The summed E-state index contributed by atoms with van der Waals surface area (Å²) in [5.74, 6) is 4.76. The minimum atomic E-state index is -1.30. The first-order valence-corrected chi connectivity index (χ1v) is 9.58. The third-order valence-corrected chi connectivity index (χ3v) is 4.84. The Labute approximate surface area is 149 Å². The zero-order valence-corrected chi connectivity index (χ0v) is 16.4. The first-order valence-electron chi connectivity index (χ1n) is 9.58. The summed E-state index contributed by atoms with van der Waals surface area (Å²) in [5, 5.41) is 8.73. The van der Waals surface area contributed by atoms with Crippen molar-refractivity contribution < 1.29 is 14.6 Å². The maximum atomic E-state index is 10.7. The molecule has 0 fully saturated rings. The highest BCUT2D eigenvalue weighted by Crippen LogP contribution is 2.24. The lowest BCUT2D eigenvalue weighted by Crippen LogP contribution is -2.29. The minimum Gasteiger partial charge on any atom is -0.450 e. The van der Waals surface area contributed by atoms with E-state index in [1.165, 1.54) is 38.5 Å². The van der Waals surface area contributed by atoms with E-state index in [4.69, 9.17) is 16.3 Å². The lowest BCUT2D eigenvalue weighted by atomic mass is 9.90. The molecule has 0 rings (SSSR count). The molecule has 3 nitrogen and oxygen atoms in total. The first kappa shape index (κ1) is 22.8. The van der Waals surface area contributed by atoms with Crippen molar-refractivity contribution in [1.29, 1.82) is 0 Å². The Bertz CT molecular complexity index is 383. The molecular weight excluding hydrogens is 300 g/mol. The number of carboxylic acid groups (broad SMARTS) is 1. The fourth-order valence-electron chi connectivity index (χ4n) is 3.11. The van der Waals surface area contributed by atoms with E-state index < -0.39 is 11.8 Å². The molecule has 0 aliphatic carbocycles. The van der Waals surface area contributed by atoms with Crippen molar-refractivity contribution in [2.45, 2.75) is 98.0 Å². The van der Waals surface area contributed by atoms with Crippen LogP contribution in [-0.4, -0.2) is 16.9 Å². The fraction of sp³-hybridized carbons (Fsp3) is 0.857. The van der Waals surface area contributed by atoms with Gasteiger partial charge in [0.25, 0.3) is 0 Å². The maximum Gasteiger partial charge on any atom is 0.507 e. The van der Waals surface area contributed by atoms with Crippen LogP contribution < -0.4 is 0 Å². The van der Waals surface area contributed by atoms with E-state index in [0.717, 1.165) is 24.7 Å². The Balaban J connectivity index is 3.81. The van der Waals surface area contributed by atoms with Gasteiger partial charge >= 0.3 is 6.16 Å². The van der Waals surface area contributed by atoms with Crippen LogP contribution in [0.4, 0.5) is 4.79 Å². The molecule has 0 unspecified atom stereocenters. The molecule has 0 aromatic rings. The molecule has 3 heteroatoms. The lowest BCUT2D eigenvalue weighted by Gasteiger charge is -2.22. The van der Waals surface area contributed by atoms with Gasteiger partial charge in [-0.15, -0.1) is 6.42 Å². The second-order valence-corrected chi connectivity index (χ2v) is 8.10. The molecule has 0 bridgehead atoms. The van der Waals surface area contributed by atoms with Crippen LogP contribution in [0.15, 0.2) is 0 Å². The molecule has 0 saturated carbocycles. The maximum absolute atomic E-state index is 10.7. The zero-order valence-electron chi connectivity index (χ0n) is 16.4. The van der Waals surface area contributed by atoms with E-state index in [-0.39, 0.29) is 0 Å². The van der Waals surface area contributed by atoms with Crippen molar-refractivity contribution >= 4 is 6.16 Å². The third kappa shape index (κ3) is 12.3. The Morgan fingerprint density at radius 3 is 1.88 bits per heavy atom. The van der Waals surface area contributed by atoms with E-state index in [2.05, 4.69) is 33.6 Å². The number of hydrogen-bond donors (Lipinski definition) is 1. The van der Waals surface area contributed by atoms with Crippen molar-refractivity contribution in [2.24, 2.45) is 17.8 Å². The quantitative estimate of drug-likeness (QED) is 0.307. The molecular formula is C21H38O3. The van der Waals surface area contributed by atoms with Gasteiger partial charge in [-0.25, -0.2) is 4.79 Å². The summed E-state index contributed by atoms with van der Waals surface area (Å²) in [6.45, 7) is 10.9. The summed E-state index contributed by atoms with van der Waals surface area (Å²) in [4.78, 5) is 10.7. The molecule has 140 valence electrons. The summed E-state index contributed by atoms with van der Waals surface area (Å²) in [6.07, 6.45) is 14.5. The van der Waals surface area contributed by atoms with Crippen molar-refractivity contribution in [3.05, 3.63) is 0 Å². The Kier molecular flexibility index (Phi) is 11.6. The second kappa shape index (κ2) is 12.2. The van der Waals surface area contributed by atoms with Gasteiger partial charge < -0.3 is 9.84 Å². The molecule has 3 atom stereocenters. The molecule has 0 aromatic carbocycles. The Morgan fingerprint density at radius 1 is 1.00 bits per heavy atom. The van der Waals surface area contributed by atoms with Gasteiger partial charge in [0.1, 0.15) is 0 Å². The van der Waals surface area contributed by atoms with Gasteiger partial charge in [-0.2, -0.15) is 0 Å². The highest BCUT2D eigenvalue weighted by atomic mass is 16.7. The Morgan fingerprint density at radius 2 is 1.46 bits per heavy atom. The van der Waals surface area contributed by atoms with Gasteiger partial charge in [-0.05, 0) is 37.5 Å². The SMILES string of the molecule is C#C[C@@](C)(CCC[C@H](C)CCC[C@H](C)CCCC(C)C)OC(=O)O. The first-order chi connectivity index (χ1) is 11.2. The molecule has 0 heterocycles. The molecule has 0 aromatic heterocycles. The molecule has 0 radical (unpaired) electrons. The molecule has 0 amide bonds. The van der Waals surface area contributed by atoms with Crippen LogP contribution in [0, 0.1) is 30.1 Å². The van der Waals surface area contributed by atoms with E-state index >= 15 is 0 Å². The molecule has 0 spiro atoms. The fourth-order valence-corrected chi connectivity index (χ4v) is 3.11. The normalized spacial score (nSPS) is 16.2. The number of hydrogen-bond acceptors (Lipinski definition) is 2. The van der Waals surface area contributed by atoms with Crippen LogP contribution in [0.1, 0.15) is 92.4 Å². The van der Waals surface area contributed by atoms with Gasteiger partial charge in [-0.3, -0.25) is 0 Å². The molecule has 1 N–H and O–H groups in total. The summed E-state index contributed by atoms with van der Waals surface area (Å²) < 4.78 is 4.82. The molecule has 0 aliphatic heterocycles. The predicted octanol–water partition coefficient (Wildman–Crippen LogP) is 6.51. The van der Waals surface area contributed by atoms with Crippen LogP contribution in [0.25, 0.3) is 0 Å². The standard InChI is InChI=1S/C21H38O3/c1-7-21(6,24-20(22)23)16-10-15-19(5)14-9-13-18(4)12-8-11-17(2)3/h1,17-19H,8-16H2,2-6H3,(H,22,23)/t18-,19-,21+/m1/s1. The Hall–Kier alpha value is -1.17. The van der Waals surface area contributed by atoms with Gasteiger partial charge in [0.15, 0.2) is 5.60 Å². The summed E-state index contributed by atoms with van der Waals surface area (Å²) in [7, 11) is 0.